The Morgan fingerprint density at radius 3 is 2.53 bits per heavy atom. The highest BCUT2D eigenvalue weighted by molar-refractivity contribution is 5.94. The first-order chi connectivity index (χ1) is 15.6. The molecule has 2 aromatic heterocycles. The molecule has 1 N–H and O–H groups in total. The molecular formula is C24H29N5O3. The van der Waals surface area contributed by atoms with Crippen LogP contribution < -0.4 is 5.56 Å². The predicted molar refractivity (Wildman–Crippen MR) is 118 cm³/mol. The van der Waals surface area contributed by atoms with Crippen LogP contribution in [0.2, 0.25) is 0 Å². The summed E-state index contributed by atoms with van der Waals surface area (Å²) in [6.45, 7) is 1.50. The number of hydrogen-bond donors (Lipinski definition) is 1. The zero-order valence-electron chi connectivity index (χ0n) is 18.3. The number of carbonyl (C=O) groups excluding carboxylic acids is 2. The van der Waals surface area contributed by atoms with Gasteiger partial charge in [-0.3, -0.25) is 19.4 Å². The van der Waals surface area contributed by atoms with Crippen LogP contribution in [0.5, 0.6) is 0 Å². The van der Waals surface area contributed by atoms with Gasteiger partial charge in [0, 0.05) is 42.5 Å². The predicted octanol–water partition coefficient (Wildman–Crippen LogP) is 2.61. The number of aromatic nitrogens is 3. The number of nitrogens with one attached hydrogen (secondary N) is 1. The average Bonchev–Trinajstić information content (AvgIpc) is 3.38. The largest absolute Gasteiger partial charge is 0.332 e. The van der Waals surface area contributed by atoms with Gasteiger partial charge in [-0.05, 0) is 50.7 Å². The second kappa shape index (κ2) is 8.84. The highest BCUT2D eigenvalue weighted by Crippen LogP contribution is 2.34. The van der Waals surface area contributed by atoms with E-state index in [2.05, 4.69) is 9.97 Å². The molecule has 8 nitrogen and oxygen atoms in total. The summed E-state index contributed by atoms with van der Waals surface area (Å²) in [4.78, 5) is 54.5. The van der Waals surface area contributed by atoms with Crippen LogP contribution in [0.3, 0.4) is 0 Å². The van der Waals surface area contributed by atoms with Crippen LogP contribution in [0.4, 0.5) is 0 Å². The van der Waals surface area contributed by atoms with Crippen molar-refractivity contribution >= 4 is 11.8 Å². The molecule has 0 spiro atoms. The molecule has 2 amide bonds. The zero-order chi connectivity index (χ0) is 22.1. The van der Waals surface area contributed by atoms with E-state index in [-0.39, 0.29) is 29.3 Å². The van der Waals surface area contributed by atoms with Crippen LogP contribution in [-0.2, 0) is 17.8 Å². The molecule has 3 aliphatic rings. The molecule has 0 unspecified atom stereocenters. The van der Waals surface area contributed by atoms with E-state index in [1.807, 2.05) is 4.90 Å². The lowest BCUT2D eigenvalue weighted by molar-refractivity contribution is -0.139. The van der Waals surface area contributed by atoms with Crippen LogP contribution >= 0.6 is 0 Å². The minimum atomic E-state index is -0.193. The maximum absolute atomic E-state index is 13.2. The zero-order valence-corrected chi connectivity index (χ0v) is 18.3. The summed E-state index contributed by atoms with van der Waals surface area (Å²) in [6, 6.07) is 3.20. The number of amides is 2. The number of likely N-dealkylation sites (tertiary alicyclic amines) is 1. The number of piperidine rings is 1. The summed E-state index contributed by atoms with van der Waals surface area (Å²) >= 11 is 0. The van der Waals surface area contributed by atoms with Gasteiger partial charge in [-0.1, -0.05) is 12.8 Å². The van der Waals surface area contributed by atoms with Gasteiger partial charge in [-0.15, -0.1) is 0 Å². The minimum Gasteiger partial charge on any atom is -0.332 e. The number of fused-ring (bicyclic) bond motifs is 1. The van der Waals surface area contributed by atoms with Crippen molar-refractivity contribution in [3.8, 4) is 0 Å². The summed E-state index contributed by atoms with van der Waals surface area (Å²) in [6.07, 6.45) is 10.6. The van der Waals surface area contributed by atoms with Crippen LogP contribution in [0.25, 0.3) is 0 Å². The molecular weight excluding hydrogens is 406 g/mol. The van der Waals surface area contributed by atoms with Gasteiger partial charge in [0.05, 0.1) is 18.3 Å². The minimum absolute atomic E-state index is 0.0858. The third-order valence-corrected chi connectivity index (χ3v) is 7.11. The Labute approximate surface area is 187 Å². The van der Waals surface area contributed by atoms with Crippen molar-refractivity contribution in [1.82, 2.24) is 24.8 Å². The van der Waals surface area contributed by atoms with E-state index in [4.69, 9.17) is 4.98 Å². The van der Waals surface area contributed by atoms with Crippen LogP contribution in [0.1, 0.15) is 78.4 Å². The number of hydrogen-bond acceptors (Lipinski definition) is 5. The maximum atomic E-state index is 13.2. The lowest BCUT2D eigenvalue weighted by atomic mass is 9.97. The standard InChI is InChI=1S/C24H29N5O3/c30-22-18-10-14-28(23(31)17-8-11-25-12-9-17)15-19(18)26-21(27-22)20-7-3-4-13-29(20)24(32)16-5-1-2-6-16/h8-9,11-12,16,20H,1-7,10,13-15H2,(H,26,27,30)/t20-/m0/s1. The first kappa shape index (κ1) is 20.8. The second-order valence-electron chi connectivity index (χ2n) is 9.11. The van der Waals surface area contributed by atoms with Crippen LogP contribution in [0.15, 0.2) is 29.3 Å². The number of carbonyl (C=O) groups is 2. The Morgan fingerprint density at radius 2 is 1.75 bits per heavy atom. The summed E-state index contributed by atoms with van der Waals surface area (Å²) in [7, 11) is 0. The highest BCUT2D eigenvalue weighted by atomic mass is 16.2. The van der Waals surface area contributed by atoms with Crippen LogP contribution in [-0.4, -0.2) is 49.7 Å². The molecule has 8 heteroatoms. The van der Waals surface area contributed by atoms with Crippen molar-refractivity contribution in [2.75, 3.05) is 13.1 Å². The molecule has 4 heterocycles. The Bertz CT molecular complexity index is 1060. The van der Waals surface area contributed by atoms with E-state index in [1.54, 1.807) is 29.4 Å². The van der Waals surface area contributed by atoms with E-state index in [0.29, 0.717) is 48.7 Å². The molecule has 0 aromatic carbocycles. The molecule has 1 saturated carbocycles. The topological polar surface area (TPSA) is 99.3 Å². The third kappa shape index (κ3) is 3.94. The van der Waals surface area contributed by atoms with Crippen molar-refractivity contribution in [1.29, 1.82) is 0 Å². The van der Waals surface area contributed by atoms with Gasteiger partial charge in [0.25, 0.3) is 11.5 Å². The van der Waals surface area contributed by atoms with Gasteiger partial charge in [-0.25, -0.2) is 4.98 Å². The normalized spacial score (nSPS) is 21.4. The first-order valence-corrected chi connectivity index (χ1v) is 11.7. The monoisotopic (exact) mass is 435 g/mol. The van der Waals surface area contributed by atoms with Crippen molar-refractivity contribution in [2.24, 2.45) is 5.92 Å². The molecule has 5 rings (SSSR count). The SMILES string of the molecule is O=C(c1ccncc1)N1CCc2c(nc([C@@H]3CCCCN3C(=O)C3CCCC3)[nH]c2=O)C1. The Morgan fingerprint density at radius 1 is 1.00 bits per heavy atom. The van der Waals surface area contributed by atoms with Crippen molar-refractivity contribution in [2.45, 2.75) is 64.0 Å². The fourth-order valence-electron chi connectivity index (χ4n) is 5.35. The van der Waals surface area contributed by atoms with Crippen molar-refractivity contribution in [3.05, 3.63) is 57.5 Å². The van der Waals surface area contributed by atoms with Gasteiger partial charge in [0.1, 0.15) is 5.82 Å². The van der Waals surface area contributed by atoms with Gasteiger partial charge < -0.3 is 14.8 Å². The van der Waals surface area contributed by atoms with Gasteiger partial charge >= 0.3 is 0 Å². The van der Waals surface area contributed by atoms with Gasteiger partial charge in [0.2, 0.25) is 5.91 Å². The fraction of sp³-hybridized carbons (Fsp3) is 0.542. The summed E-state index contributed by atoms with van der Waals surface area (Å²) < 4.78 is 0. The van der Waals surface area contributed by atoms with Crippen molar-refractivity contribution < 1.29 is 9.59 Å². The van der Waals surface area contributed by atoms with E-state index in [0.717, 1.165) is 44.9 Å². The quantitative estimate of drug-likeness (QED) is 0.799. The fourth-order valence-corrected chi connectivity index (χ4v) is 5.35. The van der Waals surface area contributed by atoms with E-state index in [1.165, 1.54) is 0 Å². The number of H-pyrrole nitrogens is 1. The molecule has 0 bridgehead atoms. The first-order valence-electron chi connectivity index (χ1n) is 11.7. The smallest absolute Gasteiger partial charge is 0.254 e. The van der Waals surface area contributed by atoms with Gasteiger partial charge in [0.15, 0.2) is 0 Å². The third-order valence-electron chi connectivity index (χ3n) is 7.11. The number of aromatic amines is 1. The molecule has 2 aliphatic heterocycles. The summed E-state index contributed by atoms with van der Waals surface area (Å²) in [5, 5.41) is 0. The molecule has 2 fully saturated rings. The molecule has 168 valence electrons. The number of nitrogens with zero attached hydrogens (tertiary/aromatic N) is 4. The molecule has 1 saturated heterocycles. The Hall–Kier alpha value is -3.03. The van der Waals surface area contributed by atoms with Gasteiger partial charge in [-0.2, -0.15) is 0 Å². The molecule has 1 aliphatic carbocycles. The number of rotatable bonds is 3. The highest BCUT2D eigenvalue weighted by Gasteiger charge is 2.35. The van der Waals surface area contributed by atoms with Crippen molar-refractivity contribution in [3.63, 3.8) is 0 Å². The lowest BCUT2D eigenvalue weighted by Crippen LogP contribution is -2.44. The van der Waals surface area contributed by atoms with E-state index < -0.39 is 0 Å². The van der Waals surface area contributed by atoms with E-state index >= 15 is 0 Å². The molecule has 0 radical (unpaired) electrons. The Kier molecular flexibility index (Phi) is 5.76. The second-order valence-corrected chi connectivity index (χ2v) is 9.11. The molecule has 32 heavy (non-hydrogen) atoms. The van der Waals surface area contributed by atoms with Crippen LogP contribution in [0, 0.1) is 5.92 Å². The Balaban J connectivity index is 1.41. The number of pyridine rings is 1. The molecule has 1 atom stereocenters. The molecule has 2 aromatic rings. The summed E-state index contributed by atoms with van der Waals surface area (Å²) in [5.41, 5.74) is 1.74. The maximum Gasteiger partial charge on any atom is 0.254 e. The lowest BCUT2D eigenvalue weighted by Gasteiger charge is -2.37. The van der Waals surface area contributed by atoms with E-state index in [9.17, 15) is 14.4 Å². The summed E-state index contributed by atoms with van der Waals surface area (Å²) in [5.74, 6) is 0.797. The average molecular weight is 436 g/mol.